The first-order valence-electron chi connectivity index (χ1n) is 6.09. The molecule has 1 unspecified atom stereocenters. The molecule has 0 fully saturated rings. The summed E-state index contributed by atoms with van der Waals surface area (Å²) in [5, 5.41) is 9.62. The molecule has 1 aromatic carbocycles. The molecule has 0 spiro atoms. The quantitative estimate of drug-likeness (QED) is 0.903. The van der Waals surface area contributed by atoms with Crippen LogP contribution in [0, 0.1) is 0 Å². The summed E-state index contributed by atoms with van der Waals surface area (Å²) in [6.07, 6.45) is 2.90. The number of imidazole rings is 1. The van der Waals surface area contributed by atoms with Crippen molar-refractivity contribution in [1.82, 2.24) is 9.13 Å². The molecule has 0 amide bonds. The third kappa shape index (κ3) is 2.71. The molecule has 0 aliphatic rings. The second-order valence-corrected chi connectivity index (χ2v) is 4.57. The smallest absolute Gasteiger partial charge is 0.328 e. The number of aliphatic hydroxyl groups is 1. The van der Waals surface area contributed by atoms with E-state index >= 15 is 0 Å². The van der Waals surface area contributed by atoms with Crippen molar-refractivity contribution in [2.45, 2.75) is 19.6 Å². The van der Waals surface area contributed by atoms with E-state index < -0.39 is 6.10 Å². The van der Waals surface area contributed by atoms with Crippen LogP contribution in [0.5, 0.6) is 5.75 Å². The number of ether oxygens (including phenoxy) is 1. The molecule has 1 aromatic heterocycles. The monoisotopic (exact) mass is 262 g/mol. The van der Waals surface area contributed by atoms with E-state index in [0.29, 0.717) is 12.3 Å². The van der Waals surface area contributed by atoms with Crippen molar-refractivity contribution >= 4 is 0 Å². The number of aliphatic hydroxyl groups excluding tert-OH is 1. The summed E-state index contributed by atoms with van der Waals surface area (Å²) in [4.78, 5) is 11.8. The van der Waals surface area contributed by atoms with E-state index in [1.165, 1.54) is 4.57 Å². The molecule has 2 rings (SSSR count). The fraction of sp³-hybridized carbons (Fsp3) is 0.357. The lowest BCUT2D eigenvalue weighted by molar-refractivity contribution is 0.199. The molecule has 0 saturated heterocycles. The van der Waals surface area contributed by atoms with E-state index in [0.717, 1.165) is 11.1 Å². The van der Waals surface area contributed by atoms with E-state index in [1.807, 2.05) is 18.2 Å². The van der Waals surface area contributed by atoms with Crippen molar-refractivity contribution in [1.29, 1.82) is 0 Å². The molecule has 0 radical (unpaired) electrons. The average molecular weight is 262 g/mol. The zero-order valence-electron chi connectivity index (χ0n) is 11.3. The van der Waals surface area contributed by atoms with Gasteiger partial charge in [-0.2, -0.15) is 0 Å². The van der Waals surface area contributed by atoms with Gasteiger partial charge in [-0.3, -0.25) is 4.57 Å². The van der Waals surface area contributed by atoms with Gasteiger partial charge in [0.15, 0.2) is 0 Å². The van der Waals surface area contributed by atoms with E-state index in [9.17, 15) is 9.90 Å². The Hall–Kier alpha value is -2.01. The van der Waals surface area contributed by atoms with Crippen LogP contribution < -0.4 is 10.4 Å². The van der Waals surface area contributed by atoms with Gasteiger partial charge in [-0.25, -0.2) is 4.79 Å². The minimum Gasteiger partial charge on any atom is -0.496 e. The van der Waals surface area contributed by atoms with Crippen molar-refractivity contribution in [3.8, 4) is 5.75 Å². The first kappa shape index (κ1) is 13.4. The highest BCUT2D eigenvalue weighted by Crippen LogP contribution is 2.23. The van der Waals surface area contributed by atoms with Crippen molar-refractivity contribution in [2.75, 3.05) is 7.11 Å². The molecule has 0 aliphatic carbocycles. The summed E-state index contributed by atoms with van der Waals surface area (Å²) in [7, 11) is 3.30. The highest BCUT2D eigenvalue weighted by Gasteiger charge is 2.10. The Morgan fingerprint density at radius 1 is 1.37 bits per heavy atom. The van der Waals surface area contributed by atoms with Gasteiger partial charge >= 0.3 is 5.69 Å². The molecule has 102 valence electrons. The largest absolute Gasteiger partial charge is 0.496 e. The molecule has 1 N–H and O–H groups in total. The molecule has 1 heterocycles. The van der Waals surface area contributed by atoms with Gasteiger partial charge in [-0.05, 0) is 24.6 Å². The standard InChI is InChI=1S/C14H18N2O3/c1-10(17)11-4-5-13(19-3)12(8-11)9-16-7-6-15(2)14(16)18/h4-8,10,17H,9H2,1-3H3. The zero-order chi connectivity index (χ0) is 14.0. The fourth-order valence-electron chi connectivity index (χ4n) is 2.00. The van der Waals surface area contributed by atoms with Crippen molar-refractivity contribution < 1.29 is 9.84 Å². The first-order chi connectivity index (χ1) is 9.02. The zero-order valence-corrected chi connectivity index (χ0v) is 11.3. The van der Waals surface area contributed by atoms with Crippen LogP contribution in [-0.2, 0) is 13.6 Å². The lowest BCUT2D eigenvalue weighted by Crippen LogP contribution is -2.22. The average Bonchev–Trinajstić information content (AvgIpc) is 2.70. The summed E-state index contributed by atoms with van der Waals surface area (Å²) in [6.45, 7) is 2.13. The normalized spacial score (nSPS) is 12.4. The van der Waals surface area contributed by atoms with Crippen LogP contribution in [0.1, 0.15) is 24.2 Å². The second-order valence-electron chi connectivity index (χ2n) is 4.57. The molecule has 5 heteroatoms. The topological polar surface area (TPSA) is 56.4 Å². The van der Waals surface area contributed by atoms with E-state index in [1.54, 1.807) is 38.0 Å². The van der Waals surface area contributed by atoms with Crippen molar-refractivity contribution in [3.05, 3.63) is 52.2 Å². The maximum absolute atomic E-state index is 11.8. The minimum atomic E-state index is -0.544. The summed E-state index contributed by atoms with van der Waals surface area (Å²) in [5.74, 6) is 0.708. The van der Waals surface area contributed by atoms with E-state index in [2.05, 4.69) is 0 Å². The number of rotatable bonds is 4. The number of nitrogens with zero attached hydrogens (tertiary/aromatic N) is 2. The molecular formula is C14H18N2O3. The number of benzene rings is 1. The van der Waals surface area contributed by atoms with Gasteiger partial charge in [0, 0.05) is 25.0 Å². The molecule has 2 aromatic rings. The Kier molecular flexibility index (Phi) is 3.76. The van der Waals surface area contributed by atoms with Crippen LogP contribution in [0.25, 0.3) is 0 Å². The Morgan fingerprint density at radius 2 is 2.11 bits per heavy atom. The van der Waals surface area contributed by atoms with Crippen molar-refractivity contribution in [2.24, 2.45) is 7.05 Å². The third-order valence-electron chi connectivity index (χ3n) is 3.15. The Bertz CT molecular complexity index is 626. The van der Waals surface area contributed by atoms with E-state index in [4.69, 9.17) is 4.74 Å². The fourth-order valence-corrected chi connectivity index (χ4v) is 2.00. The maximum atomic E-state index is 11.8. The molecule has 5 nitrogen and oxygen atoms in total. The first-order valence-corrected chi connectivity index (χ1v) is 6.09. The number of aromatic nitrogens is 2. The van der Waals surface area contributed by atoms with Gasteiger partial charge in [0.2, 0.25) is 0 Å². The summed E-state index contributed by atoms with van der Waals surface area (Å²) in [5.41, 5.74) is 1.60. The lowest BCUT2D eigenvalue weighted by Gasteiger charge is -2.12. The highest BCUT2D eigenvalue weighted by atomic mass is 16.5. The minimum absolute atomic E-state index is 0.0792. The molecule has 19 heavy (non-hydrogen) atoms. The Labute approximate surface area is 111 Å². The van der Waals surface area contributed by atoms with Crippen LogP contribution >= 0.6 is 0 Å². The molecule has 0 aliphatic heterocycles. The Balaban J connectivity index is 2.40. The highest BCUT2D eigenvalue weighted by molar-refractivity contribution is 5.38. The van der Waals surface area contributed by atoms with Crippen LogP contribution in [0.4, 0.5) is 0 Å². The molecule has 0 bridgehead atoms. The summed E-state index contributed by atoms with van der Waals surface area (Å²) < 4.78 is 8.41. The van der Waals surface area contributed by atoms with Crippen LogP contribution in [0.3, 0.4) is 0 Å². The third-order valence-corrected chi connectivity index (χ3v) is 3.15. The van der Waals surface area contributed by atoms with E-state index in [-0.39, 0.29) is 5.69 Å². The van der Waals surface area contributed by atoms with Gasteiger partial charge in [-0.1, -0.05) is 6.07 Å². The summed E-state index contributed by atoms with van der Waals surface area (Å²) >= 11 is 0. The second kappa shape index (κ2) is 5.32. The predicted molar refractivity (Wildman–Crippen MR) is 72.4 cm³/mol. The summed E-state index contributed by atoms with van der Waals surface area (Å²) in [6, 6.07) is 5.50. The van der Waals surface area contributed by atoms with Gasteiger partial charge in [0.1, 0.15) is 5.75 Å². The lowest BCUT2D eigenvalue weighted by atomic mass is 10.1. The Morgan fingerprint density at radius 3 is 2.63 bits per heavy atom. The number of methoxy groups -OCH3 is 1. The van der Waals surface area contributed by atoms with Gasteiger partial charge < -0.3 is 14.4 Å². The van der Waals surface area contributed by atoms with Crippen LogP contribution in [-0.4, -0.2) is 21.4 Å². The van der Waals surface area contributed by atoms with Gasteiger partial charge in [0.25, 0.3) is 0 Å². The molecule has 1 atom stereocenters. The van der Waals surface area contributed by atoms with Gasteiger partial charge in [-0.15, -0.1) is 0 Å². The van der Waals surface area contributed by atoms with Crippen LogP contribution in [0.15, 0.2) is 35.4 Å². The number of hydrogen-bond acceptors (Lipinski definition) is 3. The number of hydrogen-bond donors (Lipinski definition) is 1. The van der Waals surface area contributed by atoms with Gasteiger partial charge in [0.05, 0.1) is 19.8 Å². The van der Waals surface area contributed by atoms with Crippen LogP contribution in [0.2, 0.25) is 0 Å². The maximum Gasteiger partial charge on any atom is 0.328 e. The molecular weight excluding hydrogens is 244 g/mol. The predicted octanol–water partition coefficient (Wildman–Crippen LogP) is 1.30. The van der Waals surface area contributed by atoms with Crippen molar-refractivity contribution in [3.63, 3.8) is 0 Å². The molecule has 0 saturated carbocycles. The number of aryl methyl sites for hydroxylation is 1. The SMILES string of the molecule is COc1ccc(C(C)O)cc1Cn1ccn(C)c1=O.